The zero-order chi connectivity index (χ0) is 13.8. The Labute approximate surface area is 108 Å². The van der Waals surface area contributed by atoms with Crippen molar-refractivity contribution < 1.29 is 15.0 Å². The molecular weight excluding hydrogens is 248 g/mol. The zero-order valence-electron chi connectivity index (χ0n) is 9.89. The van der Waals surface area contributed by atoms with Gasteiger partial charge in [0.15, 0.2) is 6.29 Å². The maximum absolute atomic E-state index is 10.8. The second kappa shape index (κ2) is 5.53. The van der Waals surface area contributed by atoms with Gasteiger partial charge in [0.25, 0.3) is 0 Å². The number of hydrogen-bond donors (Lipinski definition) is 3. The second-order valence-corrected chi connectivity index (χ2v) is 4.09. The van der Waals surface area contributed by atoms with Crippen molar-refractivity contribution >= 4 is 17.2 Å². The number of nitrogens with one attached hydrogen (secondary N) is 1. The number of nitrogens with zero attached hydrogens (tertiary/aromatic N) is 3. The van der Waals surface area contributed by atoms with E-state index in [-0.39, 0.29) is 6.54 Å². The number of carbonyl (C=O) groups is 1. The van der Waals surface area contributed by atoms with Gasteiger partial charge in [-0.2, -0.15) is 0 Å². The first-order valence-corrected chi connectivity index (χ1v) is 5.60. The normalized spacial score (nSPS) is 13.8. The predicted octanol–water partition coefficient (Wildman–Crippen LogP) is 1.69. The molecule has 0 aliphatic carbocycles. The Hall–Kier alpha value is -2.34. The van der Waals surface area contributed by atoms with Crippen LogP contribution in [0.2, 0.25) is 0 Å². The van der Waals surface area contributed by atoms with E-state index >= 15 is 0 Å². The zero-order valence-corrected chi connectivity index (χ0v) is 9.89. The molecule has 2 unspecified atom stereocenters. The number of benzene rings is 1. The van der Waals surface area contributed by atoms with Gasteiger partial charge in [-0.05, 0) is 17.2 Å². The monoisotopic (exact) mass is 260 g/mol. The molecule has 0 radical (unpaired) electrons. The first kappa shape index (κ1) is 13.1. The molecule has 1 aromatic carbocycles. The molecule has 1 heterocycles. The number of aromatic nitrogens is 1. The van der Waals surface area contributed by atoms with E-state index in [0.717, 1.165) is 11.7 Å². The van der Waals surface area contributed by atoms with Crippen LogP contribution in [-0.2, 0) is 0 Å². The van der Waals surface area contributed by atoms with E-state index < -0.39 is 12.2 Å². The largest absolute Gasteiger partial charge is 0.390 e. The summed E-state index contributed by atoms with van der Waals surface area (Å²) in [5.74, 6) is 0. The minimum atomic E-state index is -1.17. The van der Waals surface area contributed by atoms with E-state index in [4.69, 9.17) is 5.53 Å². The molecule has 0 aliphatic heterocycles. The van der Waals surface area contributed by atoms with Gasteiger partial charge in [-0.25, -0.2) is 0 Å². The summed E-state index contributed by atoms with van der Waals surface area (Å²) in [5.41, 5.74) is 9.87. The van der Waals surface area contributed by atoms with Crippen LogP contribution < -0.4 is 0 Å². The standard InChI is InChI=1S/C12H12N4O3/c13-16-15-5-11(18)12(19)7-1-2-9-8(6-17)4-14-10(9)3-7/h1-4,6,11-12,14,18-19H,5H2. The van der Waals surface area contributed by atoms with Crippen LogP contribution in [0.4, 0.5) is 0 Å². The number of fused-ring (bicyclic) bond motifs is 1. The topological polar surface area (TPSA) is 122 Å². The summed E-state index contributed by atoms with van der Waals surface area (Å²) < 4.78 is 0. The average Bonchev–Trinajstić information content (AvgIpc) is 2.85. The summed E-state index contributed by atoms with van der Waals surface area (Å²) >= 11 is 0. The minimum absolute atomic E-state index is 0.208. The summed E-state index contributed by atoms with van der Waals surface area (Å²) in [5, 5.41) is 23.5. The minimum Gasteiger partial charge on any atom is -0.390 e. The third-order valence-electron chi connectivity index (χ3n) is 2.90. The lowest BCUT2D eigenvalue weighted by molar-refractivity contribution is 0.0245. The van der Waals surface area contributed by atoms with Crippen LogP contribution in [0.15, 0.2) is 29.5 Å². The van der Waals surface area contributed by atoms with E-state index in [1.165, 1.54) is 0 Å². The summed E-state index contributed by atoms with van der Waals surface area (Å²) in [6, 6.07) is 4.95. The van der Waals surface area contributed by atoms with Crippen molar-refractivity contribution in [1.29, 1.82) is 0 Å². The third kappa shape index (κ3) is 2.58. The fourth-order valence-corrected chi connectivity index (χ4v) is 1.89. The molecule has 0 saturated heterocycles. The Morgan fingerprint density at radius 1 is 1.47 bits per heavy atom. The maximum Gasteiger partial charge on any atom is 0.152 e. The molecule has 3 N–H and O–H groups in total. The molecule has 2 aromatic rings. The van der Waals surface area contributed by atoms with Crippen molar-refractivity contribution in [3.63, 3.8) is 0 Å². The number of aliphatic hydroxyl groups excluding tert-OH is 2. The number of H-pyrrole nitrogens is 1. The Kier molecular flexibility index (Phi) is 3.82. The van der Waals surface area contributed by atoms with E-state index in [2.05, 4.69) is 15.0 Å². The van der Waals surface area contributed by atoms with Crippen LogP contribution in [0.3, 0.4) is 0 Å². The molecule has 1 aromatic heterocycles. The molecule has 0 saturated carbocycles. The van der Waals surface area contributed by atoms with Gasteiger partial charge in [0.2, 0.25) is 0 Å². The molecule has 0 amide bonds. The molecule has 2 atom stereocenters. The Bertz CT molecular complexity index is 645. The van der Waals surface area contributed by atoms with Gasteiger partial charge in [-0.1, -0.05) is 17.2 Å². The van der Waals surface area contributed by atoms with Gasteiger partial charge in [0.1, 0.15) is 6.10 Å². The maximum atomic E-state index is 10.8. The number of hydrogen-bond acceptors (Lipinski definition) is 4. The van der Waals surface area contributed by atoms with Crippen LogP contribution in [0.5, 0.6) is 0 Å². The number of aldehydes is 1. The summed E-state index contributed by atoms with van der Waals surface area (Å²) in [6.45, 7) is -0.208. The van der Waals surface area contributed by atoms with E-state index in [9.17, 15) is 15.0 Å². The molecule has 0 fully saturated rings. The number of carbonyl (C=O) groups excluding carboxylic acids is 1. The molecule has 19 heavy (non-hydrogen) atoms. The molecule has 0 bridgehead atoms. The Balaban J connectivity index is 2.30. The highest BCUT2D eigenvalue weighted by molar-refractivity contribution is 5.97. The van der Waals surface area contributed by atoms with Gasteiger partial charge in [-0.15, -0.1) is 0 Å². The van der Waals surface area contributed by atoms with Gasteiger partial charge >= 0.3 is 0 Å². The smallest absolute Gasteiger partial charge is 0.152 e. The van der Waals surface area contributed by atoms with Crippen LogP contribution >= 0.6 is 0 Å². The lowest BCUT2D eigenvalue weighted by Gasteiger charge is -2.16. The van der Waals surface area contributed by atoms with Gasteiger partial charge in [0, 0.05) is 27.6 Å². The first-order chi connectivity index (χ1) is 9.17. The van der Waals surface area contributed by atoms with Gasteiger partial charge in [0.05, 0.1) is 12.6 Å². The summed E-state index contributed by atoms with van der Waals surface area (Å²) in [7, 11) is 0. The molecule has 98 valence electrons. The summed E-state index contributed by atoms with van der Waals surface area (Å²) in [6.07, 6.45) is -0.0120. The first-order valence-electron chi connectivity index (χ1n) is 5.60. The second-order valence-electron chi connectivity index (χ2n) is 4.09. The van der Waals surface area contributed by atoms with Crippen LogP contribution in [0.25, 0.3) is 21.3 Å². The number of aliphatic hydroxyl groups is 2. The molecule has 0 aliphatic rings. The Morgan fingerprint density at radius 2 is 2.26 bits per heavy atom. The van der Waals surface area contributed by atoms with E-state index in [1.807, 2.05) is 0 Å². The average molecular weight is 260 g/mol. The van der Waals surface area contributed by atoms with Gasteiger partial charge < -0.3 is 15.2 Å². The van der Waals surface area contributed by atoms with E-state index in [0.29, 0.717) is 16.6 Å². The fraction of sp³-hybridized carbons (Fsp3) is 0.250. The molecule has 7 nitrogen and oxygen atoms in total. The van der Waals surface area contributed by atoms with Crippen molar-refractivity contribution in [3.05, 3.63) is 46.0 Å². The van der Waals surface area contributed by atoms with Crippen molar-refractivity contribution in [1.82, 2.24) is 4.98 Å². The molecular formula is C12H12N4O3. The lowest BCUT2D eigenvalue weighted by Crippen LogP contribution is -2.21. The number of aromatic amines is 1. The van der Waals surface area contributed by atoms with Crippen molar-refractivity contribution in [2.75, 3.05) is 6.54 Å². The van der Waals surface area contributed by atoms with Crippen LogP contribution in [0.1, 0.15) is 22.0 Å². The quantitative estimate of drug-likeness (QED) is 0.328. The number of rotatable bonds is 5. The molecule has 2 rings (SSSR count). The summed E-state index contributed by atoms with van der Waals surface area (Å²) in [4.78, 5) is 16.2. The van der Waals surface area contributed by atoms with Gasteiger partial charge in [-0.3, -0.25) is 4.79 Å². The molecule has 0 spiro atoms. The highest BCUT2D eigenvalue weighted by Crippen LogP contribution is 2.24. The fourth-order valence-electron chi connectivity index (χ4n) is 1.89. The van der Waals surface area contributed by atoms with Crippen LogP contribution in [-0.4, -0.2) is 34.1 Å². The van der Waals surface area contributed by atoms with E-state index in [1.54, 1.807) is 24.4 Å². The van der Waals surface area contributed by atoms with Crippen LogP contribution in [0, 0.1) is 0 Å². The number of azide groups is 1. The van der Waals surface area contributed by atoms with Crippen molar-refractivity contribution in [2.24, 2.45) is 5.11 Å². The SMILES string of the molecule is [N-]=[N+]=NCC(O)C(O)c1ccc2c(C=O)c[nH]c2c1. The lowest BCUT2D eigenvalue weighted by atomic mass is 10.0. The highest BCUT2D eigenvalue weighted by Gasteiger charge is 2.18. The predicted molar refractivity (Wildman–Crippen MR) is 68.7 cm³/mol. The van der Waals surface area contributed by atoms with Crippen molar-refractivity contribution in [2.45, 2.75) is 12.2 Å². The Morgan fingerprint density at radius 3 is 2.95 bits per heavy atom. The molecule has 7 heteroatoms. The van der Waals surface area contributed by atoms with Crippen molar-refractivity contribution in [3.8, 4) is 0 Å². The highest BCUT2D eigenvalue weighted by atomic mass is 16.3. The third-order valence-corrected chi connectivity index (χ3v) is 2.90.